The van der Waals surface area contributed by atoms with Crippen LogP contribution in [0.25, 0.3) is 0 Å². The first-order chi connectivity index (χ1) is 9.44. The highest BCUT2D eigenvalue weighted by Gasteiger charge is 2.22. The van der Waals surface area contributed by atoms with Gasteiger partial charge < -0.3 is 9.63 Å². The van der Waals surface area contributed by atoms with E-state index in [-0.39, 0.29) is 23.0 Å². The third-order valence-corrected chi connectivity index (χ3v) is 3.99. The smallest absolute Gasteiger partial charge is 0.243 e. The Labute approximate surface area is 118 Å². The molecule has 0 aliphatic carbocycles. The van der Waals surface area contributed by atoms with Crippen LogP contribution in [0.15, 0.2) is 27.9 Å². The van der Waals surface area contributed by atoms with Gasteiger partial charge in [-0.3, -0.25) is 0 Å². The van der Waals surface area contributed by atoms with Crippen molar-refractivity contribution in [3.05, 3.63) is 40.8 Å². The molecule has 0 radical (unpaired) electrons. The van der Waals surface area contributed by atoms with Gasteiger partial charge in [0.05, 0.1) is 13.2 Å². The number of hydrogen-bond donors (Lipinski definition) is 2. The van der Waals surface area contributed by atoms with E-state index in [0.717, 1.165) is 18.5 Å². The predicted molar refractivity (Wildman–Crippen MR) is 65.7 cm³/mol. The van der Waals surface area contributed by atoms with E-state index in [9.17, 15) is 12.8 Å². The van der Waals surface area contributed by atoms with Gasteiger partial charge in [0.2, 0.25) is 16.4 Å². The largest absolute Gasteiger partial charge is 0.392 e. The Kier molecular flexibility index (Phi) is 4.33. The normalized spacial score (nSPS) is 11.8. The van der Waals surface area contributed by atoms with E-state index < -0.39 is 27.3 Å². The molecule has 1 aromatic carbocycles. The van der Waals surface area contributed by atoms with Crippen LogP contribution < -0.4 is 4.72 Å². The lowest BCUT2D eigenvalue weighted by Gasteiger charge is -2.09. The molecule has 1 heterocycles. The number of rotatable bonds is 5. The third-order valence-electron chi connectivity index (χ3n) is 2.37. The maximum atomic E-state index is 13.9. The molecule has 0 aliphatic rings. The number of halogens is 2. The summed E-state index contributed by atoms with van der Waals surface area (Å²) in [5, 5.41) is 12.4. The highest BCUT2D eigenvalue weighted by atomic mass is 35.5. The summed E-state index contributed by atoms with van der Waals surface area (Å²) in [4.78, 5) is 2.97. The minimum atomic E-state index is -4.16. The van der Waals surface area contributed by atoms with Crippen LogP contribution in [-0.4, -0.2) is 23.7 Å². The summed E-state index contributed by atoms with van der Waals surface area (Å²) in [6.45, 7) is -0.932. The number of nitrogens with one attached hydrogen (secondary N) is 1. The van der Waals surface area contributed by atoms with E-state index in [2.05, 4.69) is 19.4 Å². The van der Waals surface area contributed by atoms with Crippen LogP contribution in [0.5, 0.6) is 0 Å². The molecule has 0 atom stereocenters. The third kappa shape index (κ3) is 3.12. The van der Waals surface area contributed by atoms with Crippen LogP contribution in [-0.2, 0) is 23.2 Å². The summed E-state index contributed by atoms with van der Waals surface area (Å²) in [6.07, 6.45) is 1.04. The van der Waals surface area contributed by atoms with Gasteiger partial charge in [-0.25, -0.2) is 17.5 Å². The van der Waals surface area contributed by atoms with Gasteiger partial charge >= 0.3 is 0 Å². The fraction of sp³-hybridized carbons (Fsp3) is 0.200. The van der Waals surface area contributed by atoms with E-state index >= 15 is 0 Å². The molecule has 1 aromatic heterocycles. The Morgan fingerprint density at radius 2 is 2.20 bits per heavy atom. The molecule has 0 unspecified atom stereocenters. The molecule has 7 nitrogen and oxygen atoms in total. The maximum Gasteiger partial charge on any atom is 0.243 e. The number of hydrogen-bond acceptors (Lipinski definition) is 6. The van der Waals surface area contributed by atoms with Crippen molar-refractivity contribution in [3.8, 4) is 0 Å². The molecule has 0 aliphatic heterocycles. The lowest BCUT2D eigenvalue weighted by Crippen LogP contribution is -2.25. The zero-order valence-corrected chi connectivity index (χ0v) is 11.4. The minimum Gasteiger partial charge on any atom is -0.392 e. The van der Waals surface area contributed by atoms with Gasteiger partial charge in [-0.05, 0) is 12.1 Å². The lowest BCUT2D eigenvalue weighted by molar-refractivity contribution is 0.274. The Morgan fingerprint density at radius 1 is 1.45 bits per heavy atom. The first kappa shape index (κ1) is 14.9. The summed E-state index contributed by atoms with van der Waals surface area (Å²) in [5.41, 5.74) is -0.211. The maximum absolute atomic E-state index is 13.9. The Bertz CT molecular complexity index is 706. The van der Waals surface area contributed by atoms with Gasteiger partial charge in [0.15, 0.2) is 5.82 Å². The average Bonchev–Trinajstić information content (AvgIpc) is 2.92. The molecule has 0 spiro atoms. The molecule has 10 heteroatoms. The van der Waals surface area contributed by atoms with Crippen molar-refractivity contribution >= 4 is 21.6 Å². The number of aliphatic hydroxyl groups excluding tert-OH is 1. The second-order valence-corrected chi connectivity index (χ2v) is 5.88. The molecule has 0 bridgehead atoms. The minimum absolute atomic E-state index is 0.00427. The quantitative estimate of drug-likeness (QED) is 0.845. The fourth-order valence-electron chi connectivity index (χ4n) is 1.44. The van der Waals surface area contributed by atoms with E-state index in [0.29, 0.717) is 0 Å². The number of sulfonamides is 1. The first-order valence-corrected chi connectivity index (χ1v) is 7.14. The van der Waals surface area contributed by atoms with E-state index in [1.807, 2.05) is 0 Å². The molecule has 108 valence electrons. The molecule has 0 saturated carbocycles. The van der Waals surface area contributed by atoms with Crippen LogP contribution in [0.4, 0.5) is 4.39 Å². The van der Waals surface area contributed by atoms with Crippen LogP contribution in [0, 0.1) is 5.82 Å². The van der Waals surface area contributed by atoms with Gasteiger partial charge in [0.1, 0.15) is 10.7 Å². The molecule has 0 fully saturated rings. The van der Waals surface area contributed by atoms with Crippen molar-refractivity contribution in [2.75, 3.05) is 0 Å². The summed E-state index contributed by atoms with van der Waals surface area (Å²) < 4.78 is 44.5. The number of aromatic nitrogens is 2. The Morgan fingerprint density at radius 3 is 2.80 bits per heavy atom. The molecular formula is C10H9ClFN3O4S. The summed E-state index contributed by atoms with van der Waals surface area (Å²) in [5.74, 6) is -0.962. The monoisotopic (exact) mass is 321 g/mol. The summed E-state index contributed by atoms with van der Waals surface area (Å²) in [6, 6.07) is 2.10. The summed E-state index contributed by atoms with van der Waals surface area (Å²) in [7, 11) is -4.16. The average molecular weight is 322 g/mol. The van der Waals surface area contributed by atoms with Crippen molar-refractivity contribution in [1.82, 2.24) is 14.9 Å². The second-order valence-electron chi connectivity index (χ2n) is 3.71. The highest BCUT2D eigenvalue weighted by molar-refractivity contribution is 7.89. The van der Waals surface area contributed by atoms with Gasteiger partial charge in [-0.1, -0.05) is 16.8 Å². The second kappa shape index (κ2) is 5.83. The fourth-order valence-corrected chi connectivity index (χ4v) is 2.87. The van der Waals surface area contributed by atoms with Gasteiger partial charge in [0, 0.05) is 10.6 Å². The standard InChI is InChI=1S/C10H9ClFN3O4S/c11-7-1-6(4-16)10(12)8(2-7)20(17,18)14-3-9-13-5-19-15-9/h1-2,5,14,16H,3-4H2. The number of benzene rings is 1. The van der Waals surface area contributed by atoms with Gasteiger partial charge in [-0.2, -0.15) is 4.98 Å². The van der Waals surface area contributed by atoms with Crippen LogP contribution in [0.1, 0.15) is 11.4 Å². The molecule has 20 heavy (non-hydrogen) atoms. The summed E-state index contributed by atoms with van der Waals surface area (Å²) >= 11 is 5.70. The van der Waals surface area contributed by atoms with Gasteiger partial charge in [-0.15, -0.1) is 0 Å². The van der Waals surface area contributed by atoms with Crippen LogP contribution in [0.2, 0.25) is 5.02 Å². The van der Waals surface area contributed by atoms with Crippen molar-refractivity contribution in [3.63, 3.8) is 0 Å². The van der Waals surface area contributed by atoms with Crippen molar-refractivity contribution in [2.45, 2.75) is 18.0 Å². The predicted octanol–water partition coefficient (Wildman–Crippen LogP) is 0.833. The Hall–Kier alpha value is -1.55. The molecule has 2 N–H and O–H groups in total. The Balaban J connectivity index is 2.31. The molecule has 2 aromatic rings. The highest BCUT2D eigenvalue weighted by Crippen LogP contribution is 2.23. The van der Waals surface area contributed by atoms with E-state index in [4.69, 9.17) is 16.7 Å². The van der Waals surface area contributed by atoms with E-state index in [1.165, 1.54) is 0 Å². The number of nitrogens with zero attached hydrogens (tertiary/aromatic N) is 2. The zero-order chi connectivity index (χ0) is 14.8. The molecular weight excluding hydrogens is 313 g/mol. The first-order valence-electron chi connectivity index (χ1n) is 5.27. The van der Waals surface area contributed by atoms with Crippen molar-refractivity contribution in [2.24, 2.45) is 0 Å². The van der Waals surface area contributed by atoms with Crippen LogP contribution in [0.3, 0.4) is 0 Å². The lowest BCUT2D eigenvalue weighted by atomic mass is 10.2. The van der Waals surface area contributed by atoms with Crippen molar-refractivity contribution < 1.29 is 22.4 Å². The van der Waals surface area contributed by atoms with Crippen molar-refractivity contribution in [1.29, 1.82) is 0 Å². The molecule has 0 saturated heterocycles. The van der Waals surface area contributed by atoms with Crippen LogP contribution >= 0.6 is 11.6 Å². The topological polar surface area (TPSA) is 105 Å². The van der Waals surface area contributed by atoms with Gasteiger partial charge in [0.25, 0.3) is 0 Å². The SMILES string of the molecule is O=S(=O)(NCc1ncon1)c1cc(Cl)cc(CO)c1F. The van der Waals surface area contributed by atoms with E-state index in [1.54, 1.807) is 0 Å². The zero-order valence-electron chi connectivity index (χ0n) is 9.88. The molecule has 2 rings (SSSR count). The molecule has 0 amide bonds. The number of aliphatic hydroxyl groups is 1.